The van der Waals surface area contributed by atoms with Crippen molar-refractivity contribution >= 4 is 5.91 Å². The van der Waals surface area contributed by atoms with Crippen molar-refractivity contribution in [3.8, 4) is 0 Å². The standard InChI is InChI=1S/C14H28N2O2/c1-11(2)10-18-8-4-6-16-14(17)13-5-7-15-12(3)9-13/h11-13,15H,4-10H2,1-3H3,(H,16,17). The molecule has 0 aliphatic carbocycles. The first-order valence-corrected chi connectivity index (χ1v) is 7.18. The maximum Gasteiger partial charge on any atom is 0.223 e. The van der Waals surface area contributed by atoms with Crippen molar-refractivity contribution in [2.75, 3.05) is 26.3 Å². The molecule has 1 rings (SSSR count). The molecule has 0 radical (unpaired) electrons. The third kappa shape index (κ3) is 6.36. The molecular formula is C14H28N2O2. The van der Waals surface area contributed by atoms with Crippen LogP contribution in [0, 0.1) is 11.8 Å². The fourth-order valence-corrected chi connectivity index (χ4v) is 2.22. The van der Waals surface area contributed by atoms with Gasteiger partial charge in [-0.05, 0) is 38.6 Å². The van der Waals surface area contributed by atoms with Crippen LogP contribution in [0.4, 0.5) is 0 Å². The minimum atomic E-state index is 0.192. The Morgan fingerprint density at radius 3 is 2.94 bits per heavy atom. The van der Waals surface area contributed by atoms with E-state index in [4.69, 9.17) is 4.74 Å². The Bertz CT molecular complexity index is 244. The molecule has 1 saturated heterocycles. The summed E-state index contributed by atoms with van der Waals surface area (Å²) in [5.74, 6) is 0.987. The van der Waals surface area contributed by atoms with Crippen LogP contribution in [0.3, 0.4) is 0 Å². The number of piperidine rings is 1. The Morgan fingerprint density at radius 2 is 2.28 bits per heavy atom. The van der Waals surface area contributed by atoms with Crippen LogP contribution >= 0.6 is 0 Å². The fourth-order valence-electron chi connectivity index (χ4n) is 2.22. The molecule has 4 heteroatoms. The molecule has 4 nitrogen and oxygen atoms in total. The van der Waals surface area contributed by atoms with Crippen molar-refractivity contribution in [1.82, 2.24) is 10.6 Å². The van der Waals surface area contributed by atoms with Crippen molar-refractivity contribution in [2.45, 2.75) is 46.1 Å². The molecule has 0 spiro atoms. The molecule has 0 aromatic heterocycles. The highest BCUT2D eigenvalue weighted by Crippen LogP contribution is 2.15. The van der Waals surface area contributed by atoms with Gasteiger partial charge in [0.05, 0.1) is 0 Å². The topological polar surface area (TPSA) is 50.4 Å². The van der Waals surface area contributed by atoms with Gasteiger partial charge in [-0.2, -0.15) is 0 Å². The van der Waals surface area contributed by atoms with Crippen LogP contribution in [-0.2, 0) is 9.53 Å². The third-order valence-corrected chi connectivity index (χ3v) is 3.21. The molecule has 2 N–H and O–H groups in total. The van der Waals surface area contributed by atoms with Crippen LogP contribution in [0.2, 0.25) is 0 Å². The van der Waals surface area contributed by atoms with Gasteiger partial charge in [-0.15, -0.1) is 0 Å². The average molecular weight is 256 g/mol. The van der Waals surface area contributed by atoms with E-state index in [1.807, 2.05) is 0 Å². The summed E-state index contributed by atoms with van der Waals surface area (Å²) in [6.07, 6.45) is 2.81. The van der Waals surface area contributed by atoms with Crippen LogP contribution in [0.5, 0.6) is 0 Å². The number of hydrogen-bond acceptors (Lipinski definition) is 3. The second-order valence-electron chi connectivity index (χ2n) is 5.69. The van der Waals surface area contributed by atoms with Gasteiger partial charge in [0.1, 0.15) is 0 Å². The summed E-state index contributed by atoms with van der Waals surface area (Å²) in [7, 11) is 0. The molecule has 18 heavy (non-hydrogen) atoms. The Morgan fingerprint density at radius 1 is 1.50 bits per heavy atom. The molecule has 1 aliphatic heterocycles. The molecule has 2 unspecified atom stereocenters. The lowest BCUT2D eigenvalue weighted by molar-refractivity contribution is -0.126. The normalized spacial score (nSPS) is 24.2. The number of nitrogens with one attached hydrogen (secondary N) is 2. The monoisotopic (exact) mass is 256 g/mol. The van der Waals surface area contributed by atoms with E-state index < -0.39 is 0 Å². The highest BCUT2D eigenvalue weighted by molar-refractivity contribution is 5.78. The number of rotatable bonds is 7. The molecule has 1 aliphatic rings. The van der Waals surface area contributed by atoms with E-state index in [0.29, 0.717) is 12.0 Å². The summed E-state index contributed by atoms with van der Waals surface area (Å²) in [4.78, 5) is 11.9. The molecule has 0 bridgehead atoms. The van der Waals surface area contributed by atoms with Gasteiger partial charge in [0.25, 0.3) is 0 Å². The largest absolute Gasteiger partial charge is 0.381 e. The van der Waals surface area contributed by atoms with E-state index in [2.05, 4.69) is 31.4 Å². The minimum Gasteiger partial charge on any atom is -0.381 e. The average Bonchev–Trinajstić information content (AvgIpc) is 2.33. The molecule has 2 atom stereocenters. The van der Waals surface area contributed by atoms with Crippen molar-refractivity contribution in [3.63, 3.8) is 0 Å². The fraction of sp³-hybridized carbons (Fsp3) is 0.929. The van der Waals surface area contributed by atoms with E-state index in [9.17, 15) is 4.79 Å². The maximum atomic E-state index is 11.9. The quantitative estimate of drug-likeness (QED) is 0.680. The minimum absolute atomic E-state index is 0.192. The third-order valence-electron chi connectivity index (χ3n) is 3.21. The van der Waals surface area contributed by atoms with E-state index in [0.717, 1.165) is 45.6 Å². The Kier molecular flexibility index (Phi) is 7.28. The predicted octanol–water partition coefficient (Wildman–Crippen LogP) is 1.55. The van der Waals surface area contributed by atoms with E-state index in [-0.39, 0.29) is 11.8 Å². The highest BCUT2D eigenvalue weighted by atomic mass is 16.5. The molecule has 1 amide bonds. The first-order chi connectivity index (χ1) is 8.59. The van der Waals surface area contributed by atoms with Gasteiger partial charge in [-0.3, -0.25) is 4.79 Å². The van der Waals surface area contributed by atoms with Crippen LogP contribution in [-0.4, -0.2) is 38.3 Å². The summed E-state index contributed by atoms with van der Waals surface area (Å²) < 4.78 is 5.48. The second kappa shape index (κ2) is 8.48. The van der Waals surface area contributed by atoms with Crippen molar-refractivity contribution < 1.29 is 9.53 Å². The van der Waals surface area contributed by atoms with E-state index >= 15 is 0 Å². The molecule has 1 fully saturated rings. The van der Waals surface area contributed by atoms with Crippen molar-refractivity contribution in [1.29, 1.82) is 0 Å². The van der Waals surface area contributed by atoms with Crippen LogP contribution in [0.15, 0.2) is 0 Å². The van der Waals surface area contributed by atoms with Crippen LogP contribution in [0.25, 0.3) is 0 Å². The lowest BCUT2D eigenvalue weighted by atomic mass is 9.92. The van der Waals surface area contributed by atoms with Gasteiger partial charge < -0.3 is 15.4 Å². The van der Waals surface area contributed by atoms with Gasteiger partial charge in [0.2, 0.25) is 5.91 Å². The first-order valence-electron chi connectivity index (χ1n) is 7.18. The van der Waals surface area contributed by atoms with Gasteiger partial charge >= 0.3 is 0 Å². The zero-order valence-corrected chi connectivity index (χ0v) is 12.0. The Labute approximate surface area is 111 Å². The summed E-state index contributed by atoms with van der Waals surface area (Å²) in [5, 5.41) is 6.38. The van der Waals surface area contributed by atoms with E-state index in [1.54, 1.807) is 0 Å². The number of ether oxygens (including phenoxy) is 1. The smallest absolute Gasteiger partial charge is 0.223 e. The molecule has 0 aromatic rings. The zero-order valence-electron chi connectivity index (χ0n) is 12.0. The van der Waals surface area contributed by atoms with Crippen LogP contribution < -0.4 is 10.6 Å². The van der Waals surface area contributed by atoms with Gasteiger partial charge in [0, 0.05) is 31.7 Å². The summed E-state index contributed by atoms with van der Waals surface area (Å²) in [6, 6.07) is 0.462. The molecule has 1 heterocycles. The number of hydrogen-bond donors (Lipinski definition) is 2. The summed E-state index contributed by atoms with van der Waals surface area (Å²) >= 11 is 0. The molecule has 106 valence electrons. The predicted molar refractivity (Wildman–Crippen MR) is 73.5 cm³/mol. The second-order valence-corrected chi connectivity index (χ2v) is 5.69. The lowest BCUT2D eigenvalue weighted by Gasteiger charge is -2.27. The van der Waals surface area contributed by atoms with Crippen molar-refractivity contribution in [3.05, 3.63) is 0 Å². The SMILES string of the molecule is CC(C)COCCCNC(=O)C1CCNC(C)C1. The van der Waals surface area contributed by atoms with Gasteiger partial charge in [-0.25, -0.2) is 0 Å². The Hall–Kier alpha value is -0.610. The maximum absolute atomic E-state index is 11.9. The van der Waals surface area contributed by atoms with E-state index in [1.165, 1.54) is 0 Å². The van der Waals surface area contributed by atoms with Crippen LogP contribution in [0.1, 0.15) is 40.0 Å². The first kappa shape index (κ1) is 15.4. The number of amides is 1. The number of carbonyl (C=O) groups excluding carboxylic acids is 1. The van der Waals surface area contributed by atoms with Gasteiger partial charge in [0.15, 0.2) is 0 Å². The van der Waals surface area contributed by atoms with Gasteiger partial charge in [-0.1, -0.05) is 13.8 Å². The molecule has 0 saturated carbocycles. The zero-order chi connectivity index (χ0) is 13.4. The van der Waals surface area contributed by atoms with Crippen molar-refractivity contribution in [2.24, 2.45) is 11.8 Å². The summed E-state index contributed by atoms with van der Waals surface area (Å²) in [5.41, 5.74) is 0. The molecular weight excluding hydrogens is 228 g/mol. The Balaban J connectivity index is 2.02. The highest BCUT2D eigenvalue weighted by Gasteiger charge is 2.23. The summed E-state index contributed by atoms with van der Waals surface area (Å²) in [6.45, 7) is 9.64. The number of carbonyl (C=O) groups is 1. The molecule has 0 aromatic carbocycles. The lowest BCUT2D eigenvalue weighted by Crippen LogP contribution is -2.42.